The highest BCUT2D eigenvalue weighted by Crippen LogP contribution is 2.25. The first-order valence-electron chi connectivity index (χ1n) is 8.73. The van der Waals surface area contributed by atoms with Gasteiger partial charge in [0.25, 0.3) is 11.1 Å². The first kappa shape index (κ1) is 19.2. The summed E-state index contributed by atoms with van der Waals surface area (Å²) in [5.74, 6) is 0.870. The van der Waals surface area contributed by atoms with Crippen LogP contribution in [0.5, 0.6) is 11.5 Å². The molecule has 0 fully saturated rings. The average Bonchev–Trinajstić information content (AvgIpc) is 2.72. The zero-order chi connectivity index (χ0) is 20.1. The molecule has 146 valence electrons. The maximum absolute atomic E-state index is 12.5. The molecule has 0 aliphatic heterocycles. The number of hydrogen-bond acceptors (Lipinski definition) is 5. The topological polar surface area (TPSA) is 93.6 Å². The van der Waals surface area contributed by atoms with Gasteiger partial charge in [0.2, 0.25) is 5.91 Å². The molecule has 0 aliphatic rings. The zero-order valence-electron chi connectivity index (χ0n) is 15.7. The number of benzene rings is 2. The van der Waals surface area contributed by atoms with Gasteiger partial charge in [-0.25, -0.2) is 4.68 Å². The van der Waals surface area contributed by atoms with Crippen molar-refractivity contribution >= 4 is 16.7 Å². The largest absolute Gasteiger partial charge is 0.493 e. The molecule has 0 bridgehead atoms. The van der Waals surface area contributed by atoms with E-state index in [-0.39, 0.29) is 24.4 Å². The number of nitrogens with one attached hydrogen (secondary N) is 1. The highest BCUT2D eigenvalue weighted by molar-refractivity contribution is 5.81. The molecule has 0 atom stereocenters. The van der Waals surface area contributed by atoms with Gasteiger partial charge < -0.3 is 14.4 Å². The van der Waals surface area contributed by atoms with Crippen LogP contribution in [0.4, 0.5) is 0 Å². The number of aromatic nitrogens is 2. The Labute approximate surface area is 160 Å². The van der Waals surface area contributed by atoms with Crippen molar-refractivity contribution in [3.8, 4) is 11.5 Å². The van der Waals surface area contributed by atoms with Crippen molar-refractivity contribution < 1.29 is 14.3 Å². The van der Waals surface area contributed by atoms with Gasteiger partial charge in [-0.15, -0.1) is 0 Å². The molecular formula is C20H21N3O5. The fourth-order valence-electron chi connectivity index (χ4n) is 2.77. The Morgan fingerprint density at radius 2 is 1.68 bits per heavy atom. The quantitative estimate of drug-likeness (QED) is 0.662. The minimum Gasteiger partial charge on any atom is -0.493 e. The van der Waals surface area contributed by atoms with Crippen LogP contribution in [0.2, 0.25) is 0 Å². The van der Waals surface area contributed by atoms with Crippen molar-refractivity contribution in [3.05, 3.63) is 69.2 Å². The van der Waals surface area contributed by atoms with Crippen LogP contribution < -0.4 is 20.6 Å². The third-order valence-electron chi connectivity index (χ3n) is 4.36. The summed E-state index contributed by atoms with van der Waals surface area (Å²) < 4.78 is 11.9. The van der Waals surface area contributed by atoms with E-state index in [1.54, 1.807) is 50.6 Å². The molecule has 0 saturated heterocycles. The molecule has 0 radical (unpaired) electrons. The second-order valence-corrected chi connectivity index (χ2v) is 6.19. The molecule has 8 heteroatoms. The Bertz CT molecular complexity index is 1100. The van der Waals surface area contributed by atoms with E-state index >= 15 is 0 Å². The van der Waals surface area contributed by atoms with Crippen molar-refractivity contribution in [2.24, 2.45) is 0 Å². The number of carbonyl (C=O) groups excluding carboxylic acids is 1. The standard InChI is InChI=1S/C20H21N3O5/c1-22(11-12-28-17-10-6-5-9-16(17)27-2)18(24)13-23-20(26)15-8-4-3-7-14(15)19(25)21-23/h3-10H,11-13H2,1-2H3,(H,21,25). The van der Waals surface area contributed by atoms with E-state index in [0.717, 1.165) is 4.68 Å². The summed E-state index contributed by atoms with van der Waals surface area (Å²) in [6, 6.07) is 13.7. The van der Waals surface area contributed by atoms with Crippen LogP contribution in [0.15, 0.2) is 58.1 Å². The average molecular weight is 383 g/mol. The fourth-order valence-corrected chi connectivity index (χ4v) is 2.77. The molecule has 0 saturated carbocycles. The van der Waals surface area contributed by atoms with E-state index in [0.29, 0.717) is 23.4 Å². The lowest BCUT2D eigenvalue weighted by Crippen LogP contribution is -2.39. The van der Waals surface area contributed by atoms with Gasteiger partial charge in [-0.3, -0.25) is 19.5 Å². The summed E-state index contributed by atoms with van der Waals surface area (Å²) >= 11 is 0. The summed E-state index contributed by atoms with van der Waals surface area (Å²) in [5.41, 5.74) is -0.826. The van der Waals surface area contributed by atoms with E-state index in [1.165, 1.54) is 4.90 Å². The summed E-state index contributed by atoms with van der Waals surface area (Å²) in [5, 5.41) is 3.03. The highest BCUT2D eigenvalue weighted by atomic mass is 16.5. The summed E-state index contributed by atoms with van der Waals surface area (Å²) in [6.07, 6.45) is 0. The van der Waals surface area contributed by atoms with Crippen molar-refractivity contribution in [3.63, 3.8) is 0 Å². The Kier molecular flexibility index (Phi) is 5.78. The van der Waals surface area contributed by atoms with Crippen LogP contribution in [0.1, 0.15) is 0 Å². The van der Waals surface area contributed by atoms with E-state index in [4.69, 9.17) is 9.47 Å². The van der Waals surface area contributed by atoms with Crippen LogP contribution in [0.3, 0.4) is 0 Å². The number of rotatable bonds is 7. The predicted molar refractivity (Wildman–Crippen MR) is 105 cm³/mol. The van der Waals surface area contributed by atoms with E-state index in [9.17, 15) is 14.4 Å². The number of fused-ring (bicyclic) bond motifs is 1. The SMILES string of the molecule is COc1ccccc1OCCN(C)C(=O)Cn1[nH]c(=O)c2ccccc2c1=O. The lowest BCUT2D eigenvalue weighted by molar-refractivity contribution is -0.131. The Hall–Kier alpha value is -3.55. The number of para-hydroxylation sites is 2. The van der Waals surface area contributed by atoms with Gasteiger partial charge in [-0.05, 0) is 24.3 Å². The maximum atomic E-state index is 12.5. The van der Waals surface area contributed by atoms with E-state index in [1.807, 2.05) is 12.1 Å². The molecule has 2 aromatic carbocycles. The molecule has 3 aromatic rings. The summed E-state index contributed by atoms with van der Waals surface area (Å²) in [7, 11) is 3.16. The fraction of sp³-hybridized carbons (Fsp3) is 0.250. The lowest BCUT2D eigenvalue weighted by atomic mass is 10.2. The normalized spacial score (nSPS) is 10.6. The predicted octanol–water partition coefficient (Wildman–Crippen LogP) is 1.24. The molecule has 0 aliphatic carbocycles. The van der Waals surface area contributed by atoms with Gasteiger partial charge in [-0.1, -0.05) is 24.3 Å². The lowest BCUT2D eigenvalue weighted by Gasteiger charge is -2.18. The molecule has 1 heterocycles. The monoisotopic (exact) mass is 383 g/mol. The van der Waals surface area contributed by atoms with E-state index < -0.39 is 11.1 Å². The number of aromatic amines is 1. The zero-order valence-corrected chi connectivity index (χ0v) is 15.7. The molecule has 28 heavy (non-hydrogen) atoms. The number of amides is 1. The summed E-state index contributed by atoms with van der Waals surface area (Å²) in [6.45, 7) is 0.305. The van der Waals surface area contributed by atoms with Gasteiger partial charge in [0, 0.05) is 7.05 Å². The van der Waals surface area contributed by atoms with E-state index in [2.05, 4.69) is 5.10 Å². The number of methoxy groups -OCH3 is 1. The van der Waals surface area contributed by atoms with Crippen LogP contribution >= 0.6 is 0 Å². The van der Waals surface area contributed by atoms with Crippen LogP contribution in [-0.2, 0) is 11.3 Å². The Balaban J connectivity index is 1.65. The van der Waals surface area contributed by atoms with Gasteiger partial charge >= 0.3 is 0 Å². The first-order valence-corrected chi connectivity index (χ1v) is 8.73. The number of likely N-dealkylation sites (N-methyl/N-ethyl adjacent to an activating group) is 1. The summed E-state index contributed by atoms with van der Waals surface area (Å²) in [4.78, 5) is 38.5. The number of nitrogens with zero attached hydrogens (tertiary/aromatic N) is 2. The number of ether oxygens (including phenoxy) is 2. The molecular weight excluding hydrogens is 362 g/mol. The molecule has 3 rings (SSSR count). The van der Waals surface area contributed by atoms with Crippen molar-refractivity contribution in [2.75, 3.05) is 27.3 Å². The molecule has 1 amide bonds. The Morgan fingerprint density at radius 3 is 2.39 bits per heavy atom. The van der Waals surface area contributed by atoms with Crippen molar-refractivity contribution in [1.82, 2.24) is 14.7 Å². The van der Waals surface area contributed by atoms with Gasteiger partial charge in [0.1, 0.15) is 13.2 Å². The number of carbonyl (C=O) groups is 1. The van der Waals surface area contributed by atoms with Crippen LogP contribution in [-0.4, -0.2) is 47.9 Å². The van der Waals surface area contributed by atoms with Crippen LogP contribution in [0, 0.1) is 0 Å². The second-order valence-electron chi connectivity index (χ2n) is 6.19. The third kappa shape index (κ3) is 4.06. The number of hydrogen-bond donors (Lipinski definition) is 1. The maximum Gasteiger partial charge on any atom is 0.273 e. The smallest absolute Gasteiger partial charge is 0.273 e. The minimum absolute atomic E-state index is 0.256. The van der Waals surface area contributed by atoms with Crippen molar-refractivity contribution in [2.45, 2.75) is 6.54 Å². The molecule has 0 unspecified atom stereocenters. The van der Waals surface area contributed by atoms with Crippen LogP contribution in [0.25, 0.3) is 10.8 Å². The second kappa shape index (κ2) is 8.43. The number of H-pyrrole nitrogens is 1. The van der Waals surface area contributed by atoms with Gasteiger partial charge in [0.05, 0.1) is 24.4 Å². The molecule has 8 nitrogen and oxygen atoms in total. The minimum atomic E-state index is -0.415. The molecule has 0 spiro atoms. The van der Waals surface area contributed by atoms with Gasteiger partial charge in [0.15, 0.2) is 11.5 Å². The molecule has 1 N–H and O–H groups in total. The highest BCUT2D eigenvalue weighted by Gasteiger charge is 2.14. The van der Waals surface area contributed by atoms with Crippen molar-refractivity contribution in [1.29, 1.82) is 0 Å². The first-order chi connectivity index (χ1) is 13.5. The third-order valence-corrected chi connectivity index (χ3v) is 4.36. The van der Waals surface area contributed by atoms with Gasteiger partial charge in [-0.2, -0.15) is 0 Å². The molecule has 1 aromatic heterocycles. The Morgan fingerprint density at radius 1 is 1.04 bits per heavy atom.